The minimum absolute atomic E-state index is 0.0226. The third-order valence-electron chi connectivity index (χ3n) is 6.92. The van der Waals surface area contributed by atoms with Crippen LogP contribution >= 0.6 is 0 Å². The molecule has 2 fully saturated rings. The van der Waals surface area contributed by atoms with Crippen LogP contribution in [0.25, 0.3) is 22.4 Å². The summed E-state index contributed by atoms with van der Waals surface area (Å²) in [6, 6.07) is 11.4. The van der Waals surface area contributed by atoms with Gasteiger partial charge in [0.2, 0.25) is 0 Å². The first kappa shape index (κ1) is 22.4. The molecular weight excluding hydrogens is 456 g/mol. The van der Waals surface area contributed by atoms with Gasteiger partial charge in [0.05, 0.1) is 36.4 Å². The molecule has 5 heterocycles. The third-order valence-corrected chi connectivity index (χ3v) is 6.92. The van der Waals surface area contributed by atoms with Gasteiger partial charge in [-0.15, -0.1) is 0 Å². The number of ether oxygens (including phenoxy) is 1. The molecule has 1 aromatic carbocycles. The number of carbonyl (C=O) groups is 1. The van der Waals surface area contributed by atoms with Crippen LogP contribution in [0.5, 0.6) is 0 Å². The minimum atomic E-state index is 0.0226. The van der Waals surface area contributed by atoms with Crippen molar-refractivity contribution in [1.29, 1.82) is 0 Å². The molecule has 2 N–H and O–H groups in total. The second-order valence-electron chi connectivity index (χ2n) is 9.18. The number of morpholine rings is 1. The first-order chi connectivity index (χ1) is 17.7. The monoisotopic (exact) mass is 484 g/mol. The Balaban J connectivity index is 1.32. The normalized spacial score (nSPS) is 17.0. The molecule has 2 aliphatic rings. The minimum Gasteiger partial charge on any atom is -0.399 e. The number of benzene rings is 1. The topological polar surface area (TPSA) is 115 Å². The lowest BCUT2D eigenvalue weighted by molar-refractivity contribution is 0.0691. The van der Waals surface area contributed by atoms with E-state index in [1.54, 1.807) is 18.5 Å². The zero-order valence-corrected chi connectivity index (χ0v) is 20.0. The summed E-state index contributed by atoms with van der Waals surface area (Å²) in [6.45, 7) is 4.19. The fourth-order valence-electron chi connectivity index (χ4n) is 4.94. The summed E-state index contributed by atoms with van der Waals surface area (Å²) in [4.78, 5) is 31.0. The van der Waals surface area contributed by atoms with E-state index < -0.39 is 0 Å². The Labute approximate surface area is 208 Å². The van der Waals surface area contributed by atoms with Crippen LogP contribution in [-0.2, 0) is 4.74 Å². The number of fused-ring (bicyclic) bond motifs is 1. The van der Waals surface area contributed by atoms with Crippen molar-refractivity contribution in [3.8, 4) is 11.4 Å². The Kier molecular flexibility index (Phi) is 5.94. The number of hydrogen-bond acceptors (Lipinski definition) is 8. The Hall–Kier alpha value is -4.05. The Morgan fingerprint density at radius 1 is 0.972 bits per heavy atom. The van der Waals surface area contributed by atoms with Crippen LogP contribution in [0.2, 0.25) is 0 Å². The van der Waals surface area contributed by atoms with E-state index in [1.165, 1.54) is 0 Å². The van der Waals surface area contributed by atoms with Crippen molar-refractivity contribution in [3.63, 3.8) is 0 Å². The van der Waals surface area contributed by atoms with Gasteiger partial charge in [-0.2, -0.15) is 5.10 Å². The molecule has 3 aromatic heterocycles. The maximum atomic E-state index is 12.9. The van der Waals surface area contributed by atoms with Crippen LogP contribution in [0.15, 0.2) is 55.0 Å². The highest BCUT2D eigenvalue weighted by atomic mass is 16.5. The lowest BCUT2D eigenvalue weighted by Crippen LogP contribution is -2.39. The number of pyridine rings is 1. The van der Waals surface area contributed by atoms with E-state index in [2.05, 4.69) is 9.88 Å². The summed E-state index contributed by atoms with van der Waals surface area (Å²) in [5.41, 5.74) is 8.95. The van der Waals surface area contributed by atoms with Crippen molar-refractivity contribution in [2.75, 3.05) is 50.0 Å². The van der Waals surface area contributed by atoms with Crippen LogP contribution in [0.3, 0.4) is 0 Å². The number of hydrogen-bond donors (Lipinski definition) is 1. The second kappa shape index (κ2) is 9.54. The molecule has 2 saturated heterocycles. The Morgan fingerprint density at radius 3 is 2.47 bits per heavy atom. The lowest BCUT2D eigenvalue weighted by Gasteiger charge is -2.32. The summed E-state index contributed by atoms with van der Waals surface area (Å²) in [5.74, 6) is 1.55. The van der Waals surface area contributed by atoms with Crippen molar-refractivity contribution in [2.24, 2.45) is 0 Å². The molecule has 0 atom stereocenters. The molecule has 36 heavy (non-hydrogen) atoms. The summed E-state index contributed by atoms with van der Waals surface area (Å²) in [5, 5.41) is 5.71. The van der Waals surface area contributed by atoms with Gasteiger partial charge in [0, 0.05) is 49.8 Å². The quantitative estimate of drug-likeness (QED) is 0.440. The molecule has 10 heteroatoms. The highest BCUT2D eigenvalue weighted by Crippen LogP contribution is 2.32. The third kappa shape index (κ3) is 4.24. The smallest absolute Gasteiger partial charge is 0.255 e. The van der Waals surface area contributed by atoms with Gasteiger partial charge in [0.25, 0.3) is 5.91 Å². The molecule has 2 aliphatic heterocycles. The van der Waals surface area contributed by atoms with E-state index in [0.717, 1.165) is 48.3 Å². The number of rotatable bonds is 4. The first-order valence-electron chi connectivity index (χ1n) is 12.3. The standard InChI is InChI=1S/C26H28N8O2/c27-20-5-3-18(4-6-20)23-30-24(32-12-14-36-15-13-32)22-17-29-34(25(22)31-23)21-7-10-33(11-8-21)26(35)19-2-1-9-28-16-19/h1-6,9,16-17,21H,7-8,10-15,27H2. The fraction of sp³-hybridized carbons (Fsp3) is 0.346. The van der Waals surface area contributed by atoms with Crippen molar-refractivity contribution in [2.45, 2.75) is 18.9 Å². The van der Waals surface area contributed by atoms with Crippen LogP contribution < -0.4 is 10.6 Å². The maximum Gasteiger partial charge on any atom is 0.255 e. The van der Waals surface area contributed by atoms with E-state index in [1.807, 2.05) is 46.1 Å². The van der Waals surface area contributed by atoms with E-state index in [9.17, 15) is 4.79 Å². The van der Waals surface area contributed by atoms with Crippen LogP contribution in [-0.4, -0.2) is 74.9 Å². The number of nitrogens with zero attached hydrogens (tertiary/aromatic N) is 7. The van der Waals surface area contributed by atoms with E-state index in [-0.39, 0.29) is 11.9 Å². The predicted molar refractivity (Wildman–Crippen MR) is 137 cm³/mol. The molecular formula is C26H28N8O2. The average molecular weight is 485 g/mol. The van der Waals surface area contributed by atoms with E-state index in [0.29, 0.717) is 43.4 Å². The van der Waals surface area contributed by atoms with Gasteiger partial charge in [-0.25, -0.2) is 14.6 Å². The number of nitrogen functional groups attached to an aromatic ring is 1. The molecule has 0 saturated carbocycles. The SMILES string of the molecule is Nc1ccc(-c2nc(N3CCOCC3)c3cnn(C4CCN(C(=O)c5cccnc5)CC4)c3n2)cc1. The van der Waals surface area contributed by atoms with Gasteiger partial charge in [-0.1, -0.05) is 0 Å². The zero-order valence-electron chi connectivity index (χ0n) is 20.0. The Morgan fingerprint density at radius 2 is 1.75 bits per heavy atom. The lowest BCUT2D eigenvalue weighted by atomic mass is 10.0. The molecule has 1 amide bonds. The molecule has 10 nitrogen and oxygen atoms in total. The summed E-state index contributed by atoms with van der Waals surface area (Å²) >= 11 is 0. The predicted octanol–water partition coefficient (Wildman–Crippen LogP) is 2.78. The van der Waals surface area contributed by atoms with Gasteiger partial charge >= 0.3 is 0 Å². The van der Waals surface area contributed by atoms with Crippen molar-refractivity contribution in [1.82, 2.24) is 29.6 Å². The molecule has 4 aromatic rings. The highest BCUT2D eigenvalue weighted by molar-refractivity contribution is 5.94. The van der Waals surface area contributed by atoms with Crippen LogP contribution in [0.4, 0.5) is 11.5 Å². The van der Waals surface area contributed by atoms with Crippen molar-refractivity contribution < 1.29 is 9.53 Å². The van der Waals surface area contributed by atoms with Gasteiger partial charge < -0.3 is 20.3 Å². The number of amides is 1. The highest BCUT2D eigenvalue weighted by Gasteiger charge is 2.28. The molecule has 0 radical (unpaired) electrons. The molecule has 0 unspecified atom stereocenters. The van der Waals surface area contributed by atoms with Crippen LogP contribution in [0.1, 0.15) is 29.2 Å². The molecule has 184 valence electrons. The van der Waals surface area contributed by atoms with Gasteiger partial charge in [-0.05, 0) is 49.2 Å². The van der Waals surface area contributed by atoms with Gasteiger partial charge in [0.1, 0.15) is 5.82 Å². The molecule has 0 spiro atoms. The zero-order chi connectivity index (χ0) is 24.5. The van der Waals surface area contributed by atoms with Gasteiger partial charge in [0.15, 0.2) is 11.5 Å². The maximum absolute atomic E-state index is 12.9. The molecule has 0 aliphatic carbocycles. The number of aromatic nitrogens is 5. The average Bonchev–Trinajstić information content (AvgIpc) is 3.38. The number of piperidine rings is 1. The summed E-state index contributed by atoms with van der Waals surface area (Å²) < 4.78 is 7.59. The molecule has 0 bridgehead atoms. The number of anilines is 2. The Bertz CT molecular complexity index is 1360. The summed E-state index contributed by atoms with van der Waals surface area (Å²) in [6.07, 6.45) is 6.78. The second-order valence-corrected chi connectivity index (χ2v) is 9.18. The van der Waals surface area contributed by atoms with E-state index in [4.69, 9.17) is 25.5 Å². The number of likely N-dealkylation sites (tertiary alicyclic amines) is 1. The largest absolute Gasteiger partial charge is 0.399 e. The first-order valence-corrected chi connectivity index (χ1v) is 12.3. The van der Waals surface area contributed by atoms with E-state index >= 15 is 0 Å². The molecule has 6 rings (SSSR count). The van der Waals surface area contributed by atoms with Gasteiger partial charge in [-0.3, -0.25) is 9.78 Å². The number of nitrogens with two attached hydrogens (primary N) is 1. The van der Waals surface area contributed by atoms with Crippen LogP contribution in [0, 0.1) is 0 Å². The van der Waals surface area contributed by atoms with Crippen molar-refractivity contribution >= 4 is 28.4 Å². The summed E-state index contributed by atoms with van der Waals surface area (Å²) in [7, 11) is 0. The van der Waals surface area contributed by atoms with Crippen molar-refractivity contribution in [3.05, 3.63) is 60.6 Å². The number of carbonyl (C=O) groups excluding carboxylic acids is 1. The fourth-order valence-corrected chi connectivity index (χ4v) is 4.94.